The van der Waals surface area contributed by atoms with Gasteiger partial charge in [0.05, 0.1) is 35.4 Å². The Hall–Kier alpha value is -1.02. The third kappa shape index (κ3) is 14.3. The number of carboxylic acids is 1. The first-order valence-corrected chi connectivity index (χ1v) is 25.0. The summed E-state index contributed by atoms with van der Waals surface area (Å²) < 4.78 is 13.5. The maximum Gasteiger partial charge on any atom is 0.305 e. The Labute approximate surface area is 304 Å². The highest BCUT2D eigenvalue weighted by atomic mass is 32.2. The summed E-state index contributed by atoms with van der Waals surface area (Å²) in [5.41, 5.74) is 3.02. The molecule has 1 heterocycles. The molecule has 0 spiro atoms. The summed E-state index contributed by atoms with van der Waals surface area (Å²) in [5, 5.41) is 23.8. The number of aryl methyl sites for hydroxylation is 1. The average molecular weight is 740 g/mol. The lowest BCUT2D eigenvalue weighted by Crippen LogP contribution is -2.52. The minimum absolute atomic E-state index is 0.0234. The average Bonchev–Trinajstić information content (AvgIpc) is 3.31. The van der Waals surface area contributed by atoms with E-state index in [0.717, 1.165) is 22.7 Å². The number of carboxylic acid groups (broad SMARTS) is 1. The van der Waals surface area contributed by atoms with E-state index < -0.39 is 39.6 Å². The highest BCUT2D eigenvalue weighted by Gasteiger charge is 2.46. The molecular formula is C38H69NO5S2Si2. The Bertz CT molecular complexity index is 1270. The maximum absolute atomic E-state index is 12.1. The zero-order valence-corrected chi connectivity index (χ0v) is 36.9. The van der Waals surface area contributed by atoms with Gasteiger partial charge < -0.3 is 19.1 Å². The topological polar surface area (TPSA) is 88.9 Å². The molecule has 2 N–H and O–H groups in total. The molecule has 10 heteroatoms. The van der Waals surface area contributed by atoms with Gasteiger partial charge in [-0.2, -0.15) is 0 Å². The number of aliphatic hydroxyl groups is 1. The van der Waals surface area contributed by atoms with E-state index in [9.17, 15) is 15.0 Å². The standard InChI is InChI=1S/C38H69NO5S2Si2/c1-26(21-22-32(40)28(3)23-31-25-45-30(5)39-31)19-18-20-27(2)35(44-48(16,17)37(9,10)11)29(4)46-38(12,13)33(24-34(41)42)43-47(14,15)36(6,7)8/h18,20-21,23,25,27,29,32-33,35,40H,19,22,24H2,1-17H3,(H,41,42)/t27-,29+,32-,33+,35-/m0/s1. The van der Waals surface area contributed by atoms with Crippen LogP contribution in [0, 0.1) is 12.8 Å². The molecule has 0 saturated carbocycles. The number of rotatable bonds is 18. The number of thioether (sulfide) groups is 1. The fourth-order valence-corrected chi connectivity index (χ4v) is 10.2. The number of carbonyl (C=O) groups is 1. The lowest BCUT2D eigenvalue weighted by atomic mass is 10.00. The normalized spacial score (nSPS) is 17.8. The molecule has 0 saturated heterocycles. The van der Waals surface area contributed by atoms with E-state index in [1.165, 1.54) is 5.57 Å². The van der Waals surface area contributed by atoms with E-state index in [1.807, 2.05) is 25.3 Å². The summed E-state index contributed by atoms with van der Waals surface area (Å²) in [7, 11) is -4.34. The number of nitrogens with zero attached hydrogens (tertiary/aromatic N) is 1. The summed E-state index contributed by atoms with van der Waals surface area (Å²) in [4.78, 5) is 16.5. The quantitative estimate of drug-likeness (QED) is 0.114. The number of aromatic nitrogens is 1. The van der Waals surface area contributed by atoms with Gasteiger partial charge in [0.15, 0.2) is 16.6 Å². The SMILES string of the molecule is CC(=CC[C@H](O)C(C)=Cc1csc(C)n1)CC=C[C@H](C)[C@H](O[Si](C)(C)C(C)(C)C)[C@@H](C)SC(C)(C)[C@@H](CC(=O)O)O[Si](C)(C)C(C)(C)C. The van der Waals surface area contributed by atoms with Gasteiger partial charge in [0.1, 0.15) is 0 Å². The number of aliphatic hydroxyl groups excluding tert-OH is 1. The molecule has 0 radical (unpaired) electrons. The number of hydrogen-bond acceptors (Lipinski definition) is 7. The number of aliphatic carboxylic acids is 1. The molecular weight excluding hydrogens is 671 g/mol. The van der Waals surface area contributed by atoms with Gasteiger partial charge in [-0.15, -0.1) is 23.1 Å². The van der Waals surface area contributed by atoms with Crippen molar-refractivity contribution in [3.63, 3.8) is 0 Å². The molecule has 0 bridgehead atoms. The first kappa shape index (κ1) is 45.0. The molecule has 1 rings (SSSR count). The summed E-state index contributed by atoms with van der Waals surface area (Å²) in [6, 6.07) is 0. The van der Waals surface area contributed by atoms with Crippen LogP contribution < -0.4 is 0 Å². The molecule has 0 fully saturated rings. The van der Waals surface area contributed by atoms with Crippen LogP contribution in [0.4, 0.5) is 0 Å². The van der Waals surface area contributed by atoms with Gasteiger partial charge in [0.2, 0.25) is 0 Å². The van der Waals surface area contributed by atoms with Crippen molar-refractivity contribution in [1.82, 2.24) is 4.98 Å². The third-order valence-electron chi connectivity index (χ3n) is 10.2. The van der Waals surface area contributed by atoms with Gasteiger partial charge in [-0.05, 0) is 95.4 Å². The summed E-state index contributed by atoms with van der Waals surface area (Å²) in [6.45, 7) is 37.2. The minimum Gasteiger partial charge on any atom is -0.481 e. The molecule has 0 aromatic carbocycles. The van der Waals surface area contributed by atoms with E-state index in [1.54, 1.807) is 23.1 Å². The smallest absolute Gasteiger partial charge is 0.305 e. The fourth-order valence-electron chi connectivity index (χ4n) is 4.83. The molecule has 1 aromatic heterocycles. The summed E-state index contributed by atoms with van der Waals surface area (Å²) >= 11 is 3.41. The van der Waals surface area contributed by atoms with Gasteiger partial charge in [0, 0.05) is 21.3 Å². The molecule has 0 aliphatic carbocycles. The van der Waals surface area contributed by atoms with Crippen molar-refractivity contribution in [2.75, 3.05) is 0 Å². The molecule has 0 amide bonds. The van der Waals surface area contributed by atoms with Crippen molar-refractivity contribution in [3.05, 3.63) is 45.5 Å². The Morgan fingerprint density at radius 3 is 2.02 bits per heavy atom. The second-order valence-electron chi connectivity index (χ2n) is 17.2. The number of hydrogen-bond donors (Lipinski definition) is 2. The Kier molecular flexibility index (Phi) is 16.8. The first-order valence-electron chi connectivity index (χ1n) is 17.5. The lowest BCUT2D eigenvalue weighted by molar-refractivity contribution is -0.139. The Balaban J connectivity index is 3.20. The molecule has 1 aromatic rings. The summed E-state index contributed by atoms with van der Waals surface area (Å²) in [6.07, 6.45) is 8.90. The van der Waals surface area contributed by atoms with Crippen LogP contribution in [-0.2, 0) is 13.6 Å². The molecule has 5 atom stereocenters. The van der Waals surface area contributed by atoms with Crippen molar-refractivity contribution >= 4 is 51.8 Å². The van der Waals surface area contributed by atoms with Crippen LogP contribution in [0.5, 0.6) is 0 Å². The maximum atomic E-state index is 12.1. The van der Waals surface area contributed by atoms with Gasteiger partial charge in [0.25, 0.3) is 0 Å². The van der Waals surface area contributed by atoms with Crippen LogP contribution in [0.2, 0.25) is 36.3 Å². The van der Waals surface area contributed by atoms with Crippen molar-refractivity contribution in [2.45, 2.75) is 174 Å². The van der Waals surface area contributed by atoms with Crippen molar-refractivity contribution in [1.29, 1.82) is 0 Å². The van der Waals surface area contributed by atoms with Crippen LogP contribution in [0.15, 0.2) is 34.8 Å². The van der Waals surface area contributed by atoms with Gasteiger partial charge >= 0.3 is 5.97 Å². The predicted octanol–water partition coefficient (Wildman–Crippen LogP) is 11.3. The van der Waals surface area contributed by atoms with E-state index in [4.69, 9.17) is 8.85 Å². The van der Waals surface area contributed by atoms with Crippen LogP contribution in [-0.4, -0.2) is 66.1 Å². The van der Waals surface area contributed by atoms with E-state index in [0.29, 0.717) is 6.42 Å². The molecule has 0 aliphatic rings. The molecule has 48 heavy (non-hydrogen) atoms. The van der Waals surface area contributed by atoms with Crippen LogP contribution >= 0.6 is 23.1 Å². The van der Waals surface area contributed by atoms with Crippen molar-refractivity contribution < 1.29 is 23.9 Å². The number of allylic oxidation sites excluding steroid dienone is 2. The Morgan fingerprint density at radius 1 is 1.00 bits per heavy atom. The minimum atomic E-state index is -2.21. The van der Waals surface area contributed by atoms with E-state index >= 15 is 0 Å². The second kappa shape index (κ2) is 18.0. The van der Waals surface area contributed by atoms with Gasteiger partial charge in [-0.25, -0.2) is 4.98 Å². The highest BCUT2D eigenvalue weighted by molar-refractivity contribution is 8.01. The van der Waals surface area contributed by atoms with Crippen molar-refractivity contribution in [2.24, 2.45) is 5.92 Å². The number of thiazole rings is 1. The zero-order valence-electron chi connectivity index (χ0n) is 33.3. The van der Waals surface area contributed by atoms with Crippen molar-refractivity contribution in [3.8, 4) is 0 Å². The zero-order chi connectivity index (χ0) is 37.5. The third-order valence-corrected chi connectivity index (χ3v) is 21.5. The summed E-state index contributed by atoms with van der Waals surface area (Å²) in [5.74, 6) is -0.691. The second-order valence-corrected chi connectivity index (χ2v) is 29.8. The van der Waals surface area contributed by atoms with E-state index in [2.05, 4.69) is 126 Å². The largest absolute Gasteiger partial charge is 0.481 e. The predicted molar refractivity (Wildman–Crippen MR) is 215 cm³/mol. The molecule has 0 unspecified atom stereocenters. The first-order chi connectivity index (χ1) is 21.6. The van der Waals surface area contributed by atoms with Gasteiger partial charge in [-0.1, -0.05) is 79.2 Å². The van der Waals surface area contributed by atoms with Crippen LogP contribution in [0.1, 0.15) is 113 Å². The monoisotopic (exact) mass is 739 g/mol. The fraction of sp³-hybridized carbons (Fsp3) is 0.737. The van der Waals surface area contributed by atoms with E-state index in [-0.39, 0.29) is 33.8 Å². The van der Waals surface area contributed by atoms with Gasteiger partial charge in [-0.3, -0.25) is 4.79 Å². The molecule has 276 valence electrons. The highest BCUT2D eigenvalue weighted by Crippen LogP contribution is 2.45. The Morgan fingerprint density at radius 2 is 1.54 bits per heavy atom. The molecule has 0 aliphatic heterocycles. The molecule has 6 nitrogen and oxygen atoms in total. The lowest BCUT2D eigenvalue weighted by Gasteiger charge is -2.46. The van der Waals surface area contributed by atoms with Crippen LogP contribution in [0.25, 0.3) is 6.08 Å². The van der Waals surface area contributed by atoms with Crippen LogP contribution in [0.3, 0.4) is 0 Å².